The third-order valence-corrected chi connectivity index (χ3v) is 8.45. The highest BCUT2D eigenvalue weighted by Crippen LogP contribution is 2.62. The Balaban J connectivity index is 1.48. The first-order valence-electron chi connectivity index (χ1n) is 12.8. The van der Waals surface area contributed by atoms with Crippen LogP contribution in [0.1, 0.15) is 77.0 Å². The Morgan fingerprint density at radius 3 is 2.46 bits per heavy atom. The molecule has 35 heavy (non-hydrogen) atoms. The first-order chi connectivity index (χ1) is 16.4. The Kier molecular flexibility index (Phi) is 5.53. The van der Waals surface area contributed by atoms with E-state index in [-0.39, 0.29) is 28.9 Å². The van der Waals surface area contributed by atoms with Gasteiger partial charge in [-0.15, -0.1) is 0 Å². The minimum atomic E-state index is -0.576. The molecule has 1 N–H and O–H groups in total. The van der Waals surface area contributed by atoms with E-state index in [1.807, 2.05) is 51.1 Å². The largest absolute Gasteiger partial charge is 0.444 e. The number of benzene rings is 1. The minimum absolute atomic E-state index is 0.0489. The van der Waals surface area contributed by atoms with Crippen molar-refractivity contribution in [2.24, 2.45) is 16.7 Å². The predicted molar refractivity (Wildman–Crippen MR) is 135 cm³/mol. The van der Waals surface area contributed by atoms with Crippen LogP contribution in [0.5, 0.6) is 0 Å². The zero-order valence-corrected chi connectivity index (χ0v) is 21.9. The number of amides is 2. The molecular formula is C28H38N4O3. The predicted octanol–water partition coefficient (Wildman–Crippen LogP) is 5.25. The molecule has 188 valence electrons. The molecule has 7 nitrogen and oxygen atoms in total. The van der Waals surface area contributed by atoms with Crippen LogP contribution in [0.2, 0.25) is 0 Å². The number of carbonyl (C=O) groups is 2. The van der Waals surface area contributed by atoms with Crippen molar-refractivity contribution in [2.75, 3.05) is 6.54 Å². The molecule has 2 bridgehead atoms. The van der Waals surface area contributed by atoms with Crippen LogP contribution < -0.4 is 5.32 Å². The molecular weight excluding hydrogens is 440 g/mol. The number of nitrogens with one attached hydrogen (secondary N) is 1. The van der Waals surface area contributed by atoms with Gasteiger partial charge in [-0.1, -0.05) is 51.1 Å². The zero-order chi connectivity index (χ0) is 25.2. The smallest absolute Gasteiger partial charge is 0.410 e. The van der Waals surface area contributed by atoms with Gasteiger partial charge in [0.2, 0.25) is 0 Å². The summed E-state index contributed by atoms with van der Waals surface area (Å²) in [7, 11) is 0. The standard InChI is InChI=1S/C28H38N4O3/c1-26(2,3)35-25(34)31-14-15-32-20(17-31)21(29-22(32)18-10-8-7-9-11-18)23(33)30-24-27(4,5)19-12-13-28(24,6)16-19/h7-11,19,24H,12-17H2,1-6H3,(H,30,33). The van der Waals surface area contributed by atoms with Crippen LogP contribution in [0.3, 0.4) is 0 Å². The van der Waals surface area contributed by atoms with Gasteiger partial charge in [0, 0.05) is 24.7 Å². The number of ether oxygens (including phenoxy) is 1. The van der Waals surface area contributed by atoms with Gasteiger partial charge < -0.3 is 19.5 Å². The fourth-order valence-corrected chi connectivity index (χ4v) is 6.70. The number of fused-ring (bicyclic) bond motifs is 3. The van der Waals surface area contributed by atoms with Crippen LogP contribution in [0.25, 0.3) is 11.4 Å². The van der Waals surface area contributed by atoms with E-state index < -0.39 is 5.60 Å². The summed E-state index contributed by atoms with van der Waals surface area (Å²) >= 11 is 0. The lowest BCUT2D eigenvalue weighted by atomic mass is 9.68. The van der Waals surface area contributed by atoms with Gasteiger partial charge in [0.05, 0.1) is 12.2 Å². The van der Waals surface area contributed by atoms with Crippen molar-refractivity contribution < 1.29 is 14.3 Å². The number of rotatable bonds is 3. The highest BCUT2D eigenvalue weighted by molar-refractivity contribution is 5.95. The lowest BCUT2D eigenvalue weighted by molar-refractivity contribution is 0.0198. The van der Waals surface area contributed by atoms with Gasteiger partial charge in [0.1, 0.15) is 11.4 Å². The SMILES string of the molecule is CC(C)(C)OC(=O)N1CCn2c(-c3ccccc3)nc(C(=O)NC3C4(C)CCC(C4)C3(C)C)c2C1. The van der Waals surface area contributed by atoms with Crippen LogP contribution in [0, 0.1) is 16.7 Å². The van der Waals surface area contributed by atoms with Gasteiger partial charge in [-0.05, 0) is 56.8 Å². The summed E-state index contributed by atoms with van der Waals surface area (Å²) in [6.45, 7) is 13.8. The maximum Gasteiger partial charge on any atom is 0.410 e. The second-order valence-electron chi connectivity index (χ2n) is 12.5. The molecule has 2 aliphatic carbocycles. The maximum absolute atomic E-state index is 13.8. The molecule has 1 aliphatic heterocycles. The second kappa shape index (κ2) is 8.10. The molecule has 3 atom stereocenters. The molecule has 1 aromatic carbocycles. The molecule has 2 heterocycles. The Morgan fingerprint density at radius 2 is 1.83 bits per heavy atom. The van der Waals surface area contributed by atoms with E-state index in [1.54, 1.807) is 4.90 Å². The number of hydrogen-bond acceptors (Lipinski definition) is 4. The van der Waals surface area contributed by atoms with Crippen molar-refractivity contribution >= 4 is 12.0 Å². The molecule has 2 amide bonds. The Labute approximate surface area is 208 Å². The van der Waals surface area contributed by atoms with Crippen molar-refractivity contribution in [3.8, 4) is 11.4 Å². The molecule has 2 fully saturated rings. The van der Waals surface area contributed by atoms with E-state index >= 15 is 0 Å². The molecule has 0 spiro atoms. The van der Waals surface area contributed by atoms with Crippen molar-refractivity contribution in [3.05, 3.63) is 41.7 Å². The number of imidazole rings is 1. The van der Waals surface area contributed by atoms with Crippen LogP contribution in [-0.4, -0.2) is 44.6 Å². The van der Waals surface area contributed by atoms with Crippen LogP contribution in [0.15, 0.2) is 30.3 Å². The Hall–Kier alpha value is -2.83. The molecule has 0 radical (unpaired) electrons. The summed E-state index contributed by atoms with van der Waals surface area (Å²) < 4.78 is 7.72. The van der Waals surface area contributed by atoms with E-state index in [1.165, 1.54) is 6.42 Å². The monoisotopic (exact) mass is 478 g/mol. The quantitative estimate of drug-likeness (QED) is 0.654. The Bertz CT molecular complexity index is 1140. The highest BCUT2D eigenvalue weighted by atomic mass is 16.6. The third kappa shape index (κ3) is 4.13. The van der Waals surface area contributed by atoms with Gasteiger partial charge in [0.15, 0.2) is 5.69 Å². The average Bonchev–Trinajstić information content (AvgIpc) is 3.42. The fraction of sp³-hybridized carbons (Fsp3) is 0.607. The van der Waals surface area contributed by atoms with E-state index in [2.05, 4.69) is 30.7 Å². The normalized spacial score (nSPS) is 27.0. The molecule has 1 aromatic heterocycles. The highest BCUT2D eigenvalue weighted by Gasteiger charge is 2.59. The summed E-state index contributed by atoms with van der Waals surface area (Å²) in [6.07, 6.45) is 3.18. The third-order valence-electron chi connectivity index (χ3n) is 8.45. The lowest BCUT2D eigenvalue weighted by Crippen LogP contribution is -2.52. The number of aromatic nitrogens is 2. The lowest BCUT2D eigenvalue weighted by Gasteiger charge is -2.43. The van der Waals surface area contributed by atoms with Crippen LogP contribution >= 0.6 is 0 Å². The number of nitrogens with zero attached hydrogens (tertiary/aromatic N) is 3. The first kappa shape index (κ1) is 23.9. The van der Waals surface area contributed by atoms with Gasteiger partial charge in [-0.2, -0.15) is 0 Å². The molecule has 2 aromatic rings. The van der Waals surface area contributed by atoms with Gasteiger partial charge in [0.25, 0.3) is 5.91 Å². The van der Waals surface area contributed by atoms with E-state index in [9.17, 15) is 9.59 Å². The average molecular weight is 479 g/mol. The molecule has 2 saturated carbocycles. The molecule has 7 heteroatoms. The second-order valence-corrected chi connectivity index (χ2v) is 12.5. The first-order valence-corrected chi connectivity index (χ1v) is 12.8. The van der Waals surface area contributed by atoms with E-state index in [0.29, 0.717) is 31.2 Å². The van der Waals surface area contributed by atoms with Crippen molar-refractivity contribution in [1.29, 1.82) is 0 Å². The summed E-state index contributed by atoms with van der Waals surface area (Å²) in [6, 6.07) is 10.1. The van der Waals surface area contributed by atoms with Gasteiger partial charge in [-0.3, -0.25) is 4.79 Å². The molecule has 3 aliphatic rings. The summed E-state index contributed by atoms with van der Waals surface area (Å²) in [5, 5.41) is 3.41. The summed E-state index contributed by atoms with van der Waals surface area (Å²) in [5.41, 5.74) is 1.74. The maximum atomic E-state index is 13.8. The van der Waals surface area contributed by atoms with Crippen molar-refractivity contribution in [1.82, 2.24) is 19.8 Å². The fourth-order valence-electron chi connectivity index (χ4n) is 6.70. The van der Waals surface area contributed by atoms with E-state index in [0.717, 1.165) is 29.9 Å². The molecule has 3 unspecified atom stereocenters. The van der Waals surface area contributed by atoms with E-state index in [4.69, 9.17) is 9.72 Å². The number of hydrogen-bond donors (Lipinski definition) is 1. The van der Waals surface area contributed by atoms with Crippen LogP contribution in [0.4, 0.5) is 4.79 Å². The van der Waals surface area contributed by atoms with Crippen molar-refractivity contribution in [2.45, 2.75) is 85.5 Å². The topological polar surface area (TPSA) is 76.5 Å². The van der Waals surface area contributed by atoms with Crippen LogP contribution in [-0.2, 0) is 17.8 Å². The minimum Gasteiger partial charge on any atom is -0.444 e. The summed E-state index contributed by atoms with van der Waals surface area (Å²) in [5.74, 6) is 1.26. The molecule has 0 saturated heterocycles. The Morgan fingerprint density at radius 1 is 1.11 bits per heavy atom. The van der Waals surface area contributed by atoms with Crippen molar-refractivity contribution in [3.63, 3.8) is 0 Å². The molecule has 5 rings (SSSR count). The van der Waals surface area contributed by atoms with Gasteiger partial charge >= 0.3 is 6.09 Å². The zero-order valence-electron chi connectivity index (χ0n) is 21.9. The van der Waals surface area contributed by atoms with Gasteiger partial charge in [-0.25, -0.2) is 9.78 Å². The number of carbonyl (C=O) groups excluding carboxylic acids is 2. The summed E-state index contributed by atoms with van der Waals surface area (Å²) in [4.78, 5) is 33.2.